The van der Waals surface area contributed by atoms with Crippen LogP contribution in [0, 0.1) is 0 Å². The molecule has 0 aliphatic carbocycles. The van der Waals surface area contributed by atoms with Gasteiger partial charge in [0.15, 0.2) is 0 Å². The van der Waals surface area contributed by atoms with Crippen molar-refractivity contribution in [2.75, 3.05) is 23.4 Å². The van der Waals surface area contributed by atoms with Crippen LogP contribution in [-0.4, -0.2) is 33.6 Å². The summed E-state index contributed by atoms with van der Waals surface area (Å²) >= 11 is 2.04. The van der Waals surface area contributed by atoms with Crippen molar-refractivity contribution in [1.82, 2.24) is 9.97 Å². The fraction of sp³-hybridized carbons (Fsp3) is 0.667. The maximum absolute atomic E-state index is 5.52. The largest absolute Gasteiger partial charge is 0.354 e. The van der Waals surface area contributed by atoms with Gasteiger partial charge in [0.2, 0.25) is 0 Å². The number of nitrogens with zero attached hydrogens (tertiary/aromatic N) is 3. The molecule has 1 aliphatic heterocycles. The summed E-state index contributed by atoms with van der Waals surface area (Å²) in [7, 11) is 0. The lowest BCUT2D eigenvalue weighted by molar-refractivity contribution is 0.712. The molecule has 2 unspecified atom stereocenters. The minimum absolute atomic E-state index is 0.628. The monoisotopic (exact) mass is 267 g/mol. The third kappa shape index (κ3) is 2.70. The van der Waals surface area contributed by atoms with Crippen molar-refractivity contribution in [2.45, 2.75) is 37.7 Å². The van der Waals surface area contributed by atoms with E-state index in [4.69, 9.17) is 5.84 Å². The van der Waals surface area contributed by atoms with Crippen LogP contribution in [0.15, 0.2) is 6.33 Å². The molecule has 1 aromatic heterocycles. The molecule has 0 aromatic carbocycles. The number of nitrogens with one attached hydrogen (secondary N) is 1. The minimum atomic E-state index is 0.628. The predicted octanol–water partition coefficient (Wildman–Crippen LogP) is 1.65. The maximum atomic E-state index is 5.52. The van der Waals surface area contributed by atoms with E-state index >= 15 is 0 Å². The smallest absolute Gasteiger partial charge is 0.148 e. The zero-order chi connectivity index (χ0) is 13.1. The summed E-state index contributed by atoms with van der Waals surface area (Å²) in [4.78, 5) is 11.0. The average Bonchev–Trinajstić information content (AvgIpc) is 2.36. The molecule has 5 nitrogen and oxygen atoms in total. The summed E-state index contributed by atoms with van der Waals surface area (Å²) in [6.07, 6.45) is 2.46. The number of nitrogen functional groups attached to an aromatic ring is 1. The lowest BCUT2D eigenvalue weighted by Crippen LogP contribution is -2.41. The lowest BCUT2D eigenvalue weighted by atomic mass is 10.2. The third-order valence-corrected chi connectivity index (χ3v) is 4.36. The van der Waals surface area contributed by atoms with Crippen LogP contribution in [0.2, 0.25) is 0 Å². The van der Waals surface area contributed by atoms with Crippen LogP contribution >= 0.6 is 11.8 Å². The highest BCUT2D eigenvalue weighted by Crippen LogP contribution is 2.31. The number of thioether (sulfide) groups is 1. The van der Waals surface area contributed by atoms with Crippen molar-refractivity contribution in [3.05, 3.63) is 11.9 Å². The molecule has 2 heterocycles. The number of hydrazine groups is 1. The molecular weight excluding hydrogens is 246 g/mol. The van der Waals surface area contributed by atoms with Crippen LogP contribution in [0.25, 0.3) is 0 Å². The van der Waals surface area contributed by atoms with Gasteiger partial charge >= 0.3 is 0 Å². The molecule has 1 aliphatic rings. The molecule has 0 saturated carbocycles. The van der Waals surface area contributed by atoms with Gasteiger partial charge in [-0.05, 0) is 6.42 Å². The molecule has 6 heteroatoms. The standard InChI is InChI=1S/C12H21N5S/c1-4-10-11(16-13)14-7-15-12(10)17-5-8(2)18-9(3)6-17/h7-9H,4-6,13H2,1-3H3,(H,14,15,16). The van der Waals surface area contributed by atoms with E-state index in [2.05, 4.69) is 41.1 Å². The quantitative estimate of drug-likeness (QED) is 0.641. The fourth-order valence-corrected chi connectivity index (χ4v) is 3.80. The highest BCUT2D eigenvalue weighted by molar-refractivity contribution is 8.00. The Balaban J connectivity index is 2.32. The van der Waals surface area contributed by atoms with Gasteiger partial charge in [0.1, 0.15) is 18.0 Å². The van der Waals surface area contributed by atoms with Crippen molar-refractivity contribution in [3.8, 4) is 0 Å². The Labute approximate surface area is 113 Å². The Hall–Kier alpha value is -1.01. The van der Waals surface area contributed by atoms with Gasteiger partial charge in [0, 0.05) is 29.2 Å². The van der Waals surface area contributed by atoms with E-state index in [-0.39, 0.29) is 0 Å². The van der Waals surface area contributed by atoms with Gasteiger partial charge in [-0.1, -0.05) is 20.8 Å². The Morgan fingerprint density at radius 2 is 2.06 bits per heavy atom. The van der Waals surface area contributed by atoms with Crippen LogP contribution in [0.3, 0.4) is 0 Å². The third-order valence-electron chi connectivity index (χ3n) is 3.13. The summed E-state index contributed by atoms with van der Waals surface area (Å²) in [5.74, 6) is 7.28. The molecule has 0 bridgehead atoms. The molecule has 0 amide bonds. The maximum Gasteiger partial charge on any atom is 0.148 e. The summed E-state index contributed by atoms with van der Waals surface area (Å²) in [5, 5.41) is 1.26. The van der Waals surface area contributed by atoms with Gasteiger partial charge < -0.3 is 10.3 Å². The zero-order valence-corrected chi connectivity index (χ0v) is 12.0. The molecule has 0 spiro atoms. The Bertz CT molecular complexity index is 401. The first-order chi connectivity index (χ1) is 8.65. The second-order valence-electron chi connectivity index (χ2n) is 4.68. The second-order valence-corrected chi connectivity index (χ2v) is 6.57. The van der Waals surface area contributed by atoms with Crippen LogP contribution in [0.1, 0.15) is 26.3 Å². The number of hydrogen-bond donors (Lipinski definition) is 2. The number of hydrogen-bond acceptors (Lipinski definition) is 6. The van der Waals surface area contributed by atoms with Crippen LogP contribution in [0.4, 0.5) is 11.6 Å². The number of anilines is 2. The number of nitrogens with two attached hydrogens (primary N) is 1. The van der Waals surface area contributed by atoms with E-state index in [1.54, 1.807) is 6.33 Å². The Morgan fingerprint density at radius 1 is 1.39 bits per heavy atom. The van der Waals surface area contributed by atoms with Crippen LogP contribution in [-0.2, 0) is 6.42 Å². The van der Waals surface area contributed by atoms with Gasteiger partial charge in [0.25, 0.3) is 0 Å². The molecule has 2 rings (SSSR count). The summed E-state index contributed by atoms with van der Waals surface area (Å²) in [6, 6.07) is 0. The molecule has 1 fully saturated rings. The summed E-state index contributed by atoms with van der Waals surface area (Å²) < 4.78 is 0. The van der Waals surface area contributed by atoms with Crippen molar-refractivity contribution < 1.29 is 0 Å². The average molecular weight is 267 g/mol. The van der Waals surface area contributed by atoms with Gasteiger partial charge in [0.05, 0.1) is 0 Å². The Kier molecular flexibility index (Phi) is 4.29. The SMILES string of the molecule is CCc1c(NN)ncnc1N1CC(C)SC(C)C1. The Morgan fingerprint density at radius 3 is 2.61 bits per heavy atom. The molecular formula is C12H21N5S. The van der Waals surface area contributed by atoms with Crippen LogP contribution in [0.5, 0.6) is 0 Å². The number of rotatable bonds is 3. The molecule has 3 N–H and O–H groups in total. The van der Waals surface area contributed by atoms with E-state index in [1.165, 1.54) is 0 Å². The van der Waals surface area contributed by atoms with E-state index in [0.29, 0.717) is 10.5 Å². The second kappa shape index (κ2) is 5.75. The molecule has 2 atom stereocenters. The van der Waals surface area contributed by atoms with Crippen LogP contribution < -0.4 is 16.2 Å². The van der Waals surface area contributed by atoms with Crippen molar-refractivity contribution in [2.24, 2.45) is 5.84 Å². The fourth-order valence-electron chi connectivity index (χ4n) is 2.48. The first-order valence-corrected chi connectivity index (χ1v) is 7.30. The van der Waals surface area contributed by atoms with Crippen molar-refractivity contribution in [3.63, 3.8) is 0 Å². The molecule has 1 saturated heterocycles. The van der Waals surface area contributed by atoms with E-state index in [1.807, 2.05) is 11.8 Å². The minimum Gasteiger partial charge on any atom is -0.354 e. The van der Waals surface area contributed by atoms with Crippen molar-refractivity contribution >= 4 is 23.4 Å². The van der Waals surface area contributed by atoms with Gasteiger partial charge in [-0.3, -0.25) is 0 Å². The summed E-state index contributed by atoms with van der Waals surface area (Å²) in [6.45, 7) is 8.70. The molecule has 0 radical (unpaired) electrons. The topological polar surface area (TPSA) is 67.1 Å². The van der Waals surface area contributed by atoms with Gasteiger partial charge in [-0.25, -0.2) is 15.8 Å². The highest BCUT2D eigenvalue weighted by atomic mass is 32.2. The van der Waals surface area contributed by atoms with Gasteiger partial charge in [-0.15, -0.1) is 0 Å². The predicted molar refractivity (Wildman–Crippen MR) is 77.9 cm³/mol. The van der Waals surface area contributed by atoms with E-state index in [0.717, 1.165) is 36.7 Å². The van der Waals surface area contributed by atoms with E-state index in [9.17, 15) is 0 Å². The number of aromatic nitrogens is 2. The van der Waals surface area contributed by atoms with E-state index < -0.39 is 0 Å². The first-order valence-electron chi connectivity index (χ1n) is 6.36. The van der Waals surface area contributed by atoms with Gasteiger partial charge in [-0.2, -0.15) is 11.8 Å². The first kappa shape index (κ1) is 13.4. The molecule has 18 heavy (non-hydrogen) atoms. The lowest BCUT2D eigenvalue weighted by Gasteiger charge is -2.36. The summed E-state index contributed by atoms with van der Waals surface area (Å²) in [5.41, 5.74) is 3.77. The normalized spacial score (nSPS) is 24.1. The molecule has 100 valence electrons. The zero-order valence-electron chi connectivity index (χ0n) is 11.2. The highest BCUT2D eigenvalue weighted by Gasteiger charge is 2.25. The van der Waals surface area contributed by atoms with Crippen molar-refractivity contribution in [1.29, 1.82) is 0 Å². The molecule has 1 aromatic rings.